The Morgan fingerprint density at radius 3 is 2.57 bits per heavy atom. The molecule has 0 aliphatic rings. The number of aliphatic hydroxyl groups is 1. The van der Waals surface area contributed by atoms with E-state index >= 15 is 0 Å². The molecule has 0 unspecified atom stereocenters. The lowest BCUT2D eigenvalue weighted by Gasteiger charge is -2.10. The van der Waals surface area contributed by atoms with E-state index in [2.05, 4.69) is 15.2 Å². The van der Waals surface area contributed by atoms with E-state index in [1.54, 1.807) is 54.9 Å². The molecule has 3 aromatic heterocycles. The fraction of sp³-hybridized carbons (Fsp3) is 0.100. The van der Waals surface area contributed by atoms with Gasteiger partial charge in [-0.15, -0.1) is 10.2 Å². The molecule has 4 aromatic rings. The monoisotopic (exact) mass is 376 g/mol. The van der Waals surface area contributed by atoms with Crippen LogP contribution >= 0.6 is 0 Å². The van der Waals surface area contributed by atoms with Crippen LogP contribution in [0.3, 0.4) is 0 Å². The summed E-state index contributed by atoms with van der Waals surface area (Å²) in [6.45, 7) is -0.178. The first-order valence-electron chi connectivity index (χ1n) is 8.43. The summed E-state index contributed by atoms with van der Waals surface area (Å²) in [7, 11) is 1.46. The van der Waals surface area contributed by atoms with Gasteiger partial charge in [-0.1, -0.05) is 12.1 Å². The summed E-state index contributed by atoms with van der Waals surface area (Å²) < 4.78 is 6.49. The summed E-state index contributed by atoms with van der Waals surface area (Å²) in [5, 5.41) is 28.2. The number of rotatable bonds is 4. The number of aromatic nitrogens is 4. The summed E-state index contributed by atoms with van der Waals surface area (Å²) in [4.78, 5) is 16.0. The van der Waals surface area contributed by atoms with E-state index in [9.17, 15) is 15.0 Å². The predicted octanol–water partition coefficient (Wildman–Crippen LogP) is 3.19. The molecule has 1 aromatic carbocycles. The van der Waals surface area contributed by atoms with E-state index in [-0.39, 0.29) is 12.5 Å². The third-order valence-corrected chi connectivity index (χ3v) is 4.45. The molecular formula is C20H16N4O4. The van der Waals surface area contributed by atoms with Gasteiger partial charge in [-0.25, -0.2) is 9.36 Å². The molecule has 0 saturated heterocycles. The molecule has 0 aliphatic heterocycles. The number of ether oxygens (including phenoxy) is 1. The SMILES string of the molecule is COc1nnc(-c2ccncc2)cc1-c1cc2ccc(CO)cc2n1C(=O)O. The van der Waals surface area contributed by atoms with E-state index < -0.39 is 6.09 Å². The normalized spacial score (nSPS) is 10.9. The second-order valence-electron chi connectivity index (χ2n) is 6.09. The Kier molecular flexibility index (Phi) is 4.46. The van der Waals surface area contributed by atoms with Gasteiger partial charge in [0, 0.05) is 23.3 Å². The summed E-state index contributed by atoms with van der Waals surface area (Å²) in [5.41, 5.74) is 3.35. The number of nitrogens with zero attached hydrogens (tertiary/aromatic N) is 4. The lowest BCUT2D eigenvalue weighted by atomic mass is 10.1. The van der Waals surface area contributed by atoms with Crippen molar-refractivity contribution in [3.63, 3.8) is 0 Å². The molecule has 0 bridgehead atoms. The number of methoxy groups -OCH3 is 1. The minimum Gasteiger partial charge on any atom is -0.479 e. The maximum absolute atomic E-state index is 12.0. The van der Waals surface area contributed by atoms with Gasteiger partial charge in [0.25, 0.3) is 0 Å². The molecule has 0 fully saturated rings. The van der Waals surface area contributed by atoms with Crippen LogP contribution < -0.4 is 4.74 Å². The van der Waals surface area contributed by atoms with Crippen molar-refractivity contribution in [2.24, 2.45) is 0 Å². The first-order chi connectivity index (χ1) is 13.6. The minimum atomic E-state index is -1.15. The molecule has 0 aliphatic carbocycles. The van der Waals surface area contributed by atoms with Crippen LogP contribution in [-0.4, -0.2) is 43.2 Å². The van der Waals surface area contributed by atoms with Crippen LogP contribution in [0, 0.1) is 0 Å². The van der Waals surface area contributed by atoms with Crippen molar-refractivity contribution in [1.29, 1.82) is 0 Å². The van der Waals surface area contributed by atoms with Crippen molar-refractivity contribution in [1.82, 2.24) is 19.7 Å². The topological polar surface area (TPSA) is 110 Å². The Balaban J connectivity index is 1.99. The standard InChI is InChI=1S/C20H16N4O4/c1-28-19-15(10-16(22-23-19)13-4-6-21-7-5-13)18-9-14-3-2-12(11-25)8-17(14)24(18)20(26)27/h2-10,25H,11H2,1H3,(H,26,27). The van der Waals surface area contributed by atoms with Crippen LogP contribution in [0.25, 0.3) is 33.4 Å². The van der Waals surface area contributed by atoms with Gasteiger partial charge in [0.05, 0.1) is 36.2 Å². The molecule has 140 valence electrons. The average molecular weight is 376 g/mol. The first-order valence-corrected chi connectivity index (χ1v) is 8.43. The van der Waals surface area contributed by atoms with Crippen molar-refractivity contribution in [3.05, 3.63) is 60.4 Å². The number of carboxylic acid groups (broad SMARTS) is 1. The van der Waals surface area contributed by atoms with E-state index in [0.29, 0.717) is 28.0 Å². The van der Waals surface area contributed by atoms with Crippen LogP contribution in [0.1, 0.15) is 5.56 Å². The van der Waals surface area contributed by atoms with Crippen LogP contribution in [0.2, 0.25) is 0 Å². The number of hydrogen-bond donors (Lipinski definition) is 2. The fourth-order valence-corrected chi connectivity index (χ4v) is 3.13. The Hall–Kier alpha value is -3.78. The molecule has 28 heavy (non-hydrogen) atoms. The number of pyridine rings is 1. The van der Waals surface area contributed by atoms with Crippen LogP contribution in [0.5, 0.6) is 5.88 Å². The zero-order chi connectivity index (χ0) is 19.7. The van der Waals surface area contributed by atoms with Gasteiger partial charge >= 0.3 is 6.09 Å². The highest BCUT2D eigenvalue weighted by molar-refractivity contribution is 5.96. The highest BCUT2D eigenvalue weighted by Crippen LogP contribution is 2.35. The molecule has 8 heteroatoms. The molecule has 3 heterocycles. The smallest absolute Gasteiger partial charge is 0.416 e. The van der Waals surface area contributed by atoms with E-state index in [0.717, 1.165) is 15.5 Å². The first kappa shape index (κ1) is 17.6. The lowest BCUT2D eigenvalue weighted by Crippen LogP contribution is -2.10. The Morgan fingerprint density at radius 2 is 1.89 bits per heavy atom. The molecule has 0 atom stereocenters. The second kappa shape index (κ2) is 7.09. The quantitative estimate of drug-likeness (QED) is 0.563. The molecular weight excluding hydrogens is 360 g/mol. The molecule has 0 spiro atoms. The number of aliphatic hydroxyl groups excluding tert-OH is 1. The predicted molar refractivity (Wildman–Crippen MR) is 102 cm³/mol. The van der Waals surface area contributed by atoms with Gasteiger partial charge in [-0.2, -0.15) is 0 Å². The summed E-state index contributed by atoms with van der Waals surface area (Å²) in [6, 6.07) is 12.2. The molecule has 8 nitrogen and oxygen atoms in total. The number of fused-ring (bicyclic) bond motifs is 1. The number of benzene rings is 1. The molecule has 2 N–H and O–H groups in total. The summed E-state index contributed by atoms with van der Waals surface area (Å²) in [6.07, 6.45) is 2.14. The van der Waals surface area contributed by atoms with Gasteiger partial charge in [-0.05, 0) is 35.9 Å². The third-order valence-electron chi connectivity index (χ3n) is 4.45. The Labute approximate surface area is 159 Å². The number of hydrogen-bond acceptors (Lipinski definition) is 6. The van der Waals surface area contributed by atoms with Gasteiger partial charge in [0.2, 0.25) is 5.88 Å². The third kappa shape index (κ3) is 2.95. The maximum atomic E-state index is 12.0. The Bertz CT molecular complexity index is 1170. The fourth-order valence-electron chi connectivity index (χ4n) is 3.13. The highest BCUT2D eigenvalue weighted by Gasteiger charge is 2.21. The van der Waals surface area contributed by atoms with E-state index in [1.807, 2.05) is 0 Å². The maximum Gasteiger partial charge on any atom is 0.416 e. The van der Waals surface area contributed by atoms with Gasteiger partial charge in [0.1, 0.15) is 0 Å². The molecule has 4 rings (SSSR count). The average Bonchev–Trinajstić information content (AvgIpc) is 3.12. The molecule has 0 amide bonds. The van der Waals surface area contributed by atoms with E-state index in [1.165, 1.54) is 7.11 Å². The summed E-state index contributed by atoms with van der Waals surface area (Å²) in [5.74, 6) is 0.213. The minimum absolute atomic E-state index is 0.178. The lowest BCUT2D eigenvalue weighted by molar-refractivity contribution is 0.198. The zero-order valence-electron chi connectivity index (χ0n) is 14.9. The van der Waals surface area contributed by atoms with E-state index in [4.69, 9.17) is 4.74 Å². The Morgan fingerprint density at radius 1 is 1.11 bits per heavy atom. The largest absolute Gasteiger partial charge is 0.479 e. The van der Waals surface area contributed by atoms with Crippen molar-refractivity contribution in [2.75, 3.05) is 7.11 Å². The summed E-state index contributed by atoms with van der Waals surface area (Å²) >= 11 is 0. The second-order valence-corrected chi connectivity index (χ2v) is 6.09. The van der Waals surface area contributed by atoms with Crippen LogP contribution in [0.4, 0.5) is 4.79 Å². The van der Waals surface area contributed by atoms with Crippen molar-refractivity contribution >= 4 is 17.0 Å². The van der Waals surface area contributed by atoms with Crippen LogP contribution in [-0.2, 0) is 6.61 Å². The van der Waals surface area contributed by atoms with Crippen LogP contribution in [0.15, 0.2) is 54.9 Å². The van der Waals surface area contributed by atoms with Crippen molar-refractivity contribution < 1.29 is 19.7 Å². The molecule has 0 saturated carbocycles. The number of carbonyl (C=O) groups is 1. The molecule has 0 radical (unpaired) electrons. The van der Waals surface area contributed by atoms with Gasteiger partial charge < -0.3 is 14.9 Å². The zero-order valence-corrected chi connectivity index (χ0v) is 14.9. The van der Waals surface area contributed by atoms with Gasteiger partial charge in [-0.3, -0.25) is 4.98 Å². The highest BCUT2D eigenvalue weighted by atomic mass is 16.5. The van der Waals surface area contributed by atoms with Gasteiger partial charge in [0.15, 0.2) is 0 Å². The van der Waals surface area contributed by atoms with Crippen molar-refractivity contribution in [3.8, 4) is 28.4 Å². The van der Waals surface area contributed by atoms with Crippen molar-refractivity contribution in [2.45, 2.75) is 6.61 Å².